The van der Waals surface area contributed by atoms with Crippen molar-refractivity contribution in [1.29, 1.82) is 0 Å². The van der Waals surface area contributed by atoms with E-state index >= 15 is 0 Å². The van der Waals surface area contributed by atoms with Crippen LogP contribution in [0.2, 0.25) is 0 Å². The molecule has 1 N–H and O–H groups in total. The number of hydrogen-bond acceptors (Lipinski definition) is 3. The van der Waals surface area contributed by atoms with Crippen LogP contribution in [0, 0.1) is 20.8 Å². The van der Waals surface area contributed by atoms with Crippen molar-refractivity contribution in [3.8, 4) is 5.75 Å². The molecule has 1 heterocycles. The van der Waals surface area contributed by atoms with Gasteiger partial charge in [0.05, 0.1) is 16.7 Å². The largest absolute Gasteiger partial charge is 0.491 e. The second-order valence-electron chi connectivity index (χ2n) is 4.90. The van der Waals surface area contributed by atoms with Crippen molar-refractivity contribution in [2.24, 2.45) is 0 Å². The van der Waals surface area contributed by atoms with Crippen molar-refractivity contribution in [1.82, 2.24) is 9.78 Å². The summed E-state index contributed by atoms with van der Waals surface area (Å²) in [6, 6.07) is 7.78. The van der Waals surface area contributed by atoms with E-state index in [0.717, 1.165) is 27.2 Å². The number of rotatable bonds is 5. The molecule has 0 spiro atoms. The Kier molecular flexibility index (Phi) is 4.83. The number of aliphatic hydroxyl groups is 1. The van der Waals surface area contributed by atoms with Gasteiger partial charge in [0.25, 0.3) is 0 Å². The van der Waals surface area contributed by atoms with Gasteiger partial charge >= 0.3 is 0 Å². The monoisotopic (exact) mass is 338 g/mol. The first-order valence-corrected chi connectivity index (χ1v) is 7.34. The average molecular weight is 339 g/mol. The number of nitrogens with zero attached hydrogens (tertiary/aromatic N) is 2. The van der Waals surface area contributed by atoms with Crippen molar-refractivity contribution >= 4 is 15.9 Å². The molecule has 0 radical (unpaired) electrons. The van der Waals surface area contributed by atoms with E-state index in [1.54, 1.807) is 4.68 Å². The lowest BCUT2D eigenvalue weighted by Gasteiger charge is -2.14. The van der Waals surface area contributed by atoms with Gasteiger partial charge in [-0.3, -0.25) is 4.68 Å². The lowest BCUT2D eigenvalue weighted by Crippen LogP contribution is -2.25. The fourth-order valence-electron chi connectivity index (χ4n) is 2.01. The highest BCUT2D eigenvalue weighted by atomic mass is 79.9. The van der Waals surface area contributed by atoms with Crippen LogP contribution in [0.1, 0.15) is 17.0 Å². The van der Waals surface area contributed by atoms with Crippen LogP contribution in [0.15, 0.2) is 28.7 Å². The zero-order valence-corrected chi connectivity index (χ0v) is 13.5. The Hall–Kier alpha value is -1.33. The molecule has 2 aromatic rings. The Morgan fingerprint density at radius 1 is 1.30 bits per heavy atom. The molecular weight excluding hydrogens is 320 g/mol. The van der Waals surface area contributed by atoms with Gasteiger partial charge in [0.2, 0.25) is 0 Å². The number of halogens is 1. The van der Waals surface area contributed by atoms with Crippen molar-refractivity contribution in [3.05, 3.63) is 45.7 Å². The van der Waals surface area contributed by atoms with Crippen LogP contribution in [0.3, 0.4) is 0 Å². The molecule has 0 saturated heterocycles. The van der Waals surface area contributed by atoms with Crippen molar-refractivity contribution in [2.45, 2.75) is 33.4 Å². The van der Waals surface area contributed by atoms with Crippen LogP contribution in [-0.2, 0) is 6.54 Å². The van der Waals surface area contributed by atoms with Crippen LogP contribution >= 0.6 is 15.9 Å². The summed E-state index contributed by atoms with van der Waals surface area (Å²) in [6.45, 7) is 6.56. The van der Waals surface area contributed by atoms with Crippen LogP contribution in [-0.4, -0.2) is 27.6 Å². The fourth-order valence-corrected chi connectivity index (χ4v) is 2.29. The van der Waals surface area contributed by atoms with Gasteiger partial charge in [-0.05, 0) is 48.3 Å². The number of benzene rings is 1. The predicted molar refractivity (Wildman–Crippen MR) is 82.1 cm³/mol. The molecule has 0 aliphatic heterocycles. The molecule has 108 valence electrons. The van der Waals surface area contributed by atoms with Crippen LogP contribution in [0.25, 0.3) is 0 Å². The molecule has 5 heteroatoms. The molecule has 20 heavy (non-hydrogen) atoms. The third-order valence-electron chi connectivity index (χ3n) is 3.20. The highest BCUT2D eigenvalue weighted by Crippen LogP contribution is 2.20. The summed E-state index contributed by atoms with van der Waals surface area (Å²) in [5, 5.41) is 14.5. The molecule has 1 aromatic heterocycles. The van der Waals surface area contributed by atoms with Gasteiger partial charge in [-0.2, -0.15) is 5.10 Å². The second-order valence-corrected chi connectivity index (χ2v) is 5.69. The number of aliphatic hydroxyl groups excluding tert-OH is 1. The van der Waals surface area contributed by atoms with Crippen molar-refractivity contribution < 1.29 is 9.84 Å². The Labute approximate surface area is 127 Å². The molecule has 1 atom stereocenters. The Bertz CT molecular complexity index is 596. The molecule has 0 fully saturated rings. The summed E-state index contributed by atoms with van der Waals surface area (Å²) in [5.41, 5.74) is 3.00. The van der Waals surface area contributed by atoms with Crippen LogP contribution in [0.4, 0.5) is 0 Å². The Morgan fingerprint density at radius 3 is 2.60 bits per heavy atom. The quantitative estimate of drug-likeness (QED) is 0.911. The molecule has 0 aliphatic rings. The molecule has 0 bridgehead atoms. The van der Waals surface area contributed by atoms with E-state index in [4.69, 9.17) is 4.74 Å². The minimum Gasteiger partial charge on any atom is -0.491 e. The minimum absolute atomic E-state index is 0.251. The normalized spacial score (nSPS) is 12.4. The van der Waals surface area contributed by atoms with Crippen molar-refractivity contribution in [2.75, 3.05) is 6.61 Å². The third-order valence-corrected chi connectivity index (χ3v) is 4.35. The first kappa shape index (κ1) is 15.1. The maximum absolute atomic E-state index is 10.1. The van der Waals surface area contributed by atoms with E-state index in [1.807, 2.05) is 45.0 Å². The van der Waals surface area contributed by atoms with Crippen LogP contribution < -0.4 is 4.74 Å². The van der Waals surface area contributed by atoms with E-state index in [2.05, 4.69) is 21.0 Å². The first-order chi connectivity index (χ1) is 9.49. The number of hydrogen-bond donors (Lipinski definition) is 1. The average Bonchev–Trinajstić information content (AvgIpc) is 2.65. The van der Waals surface area contributed by atoms with Gasteiger partial charge in [0.1, 0.15) is 18.5 Å². The molecule has 1 unspecified atom stereocenters. The number of para-hydroxylation sites is 1. The van der Waals surface area contributed by atoms with E-state index in [-0.39, 0.29) is 6.61 Å². The molecular formula is C15H19BrN2O2. The van der Waals surface area contributed by atoms with E-state index in [9.17, 15) is 5.11 Å². The predicted octanol–water partition coefficient (Wildman–Crippen LogP) is 3.01. The fraction of sp³-hybridized carbons (Fsp3) is 0.400. The summed E-state index contributed by atoms with van der Waals surface area (Å²) in [6.07, 6.45) is -0.598. The van der Waals surface area contributed by atoms with Gasteiger partial charge in [0.15, 0.2) is 0 Å². The highest BCUT2D eigenvalue weighted by molar-refractivity contribution is 9.10. The van der Waals surface area contributed by atoms with E-state index in [1.165, 1.54) is 0 Å². The van der Waals surface area contributed by atoms with Gasteiger partial charge in [-0.1, -0.05) is 18.2 Å². The molecule has 2 rings (SSSR count). The molecule has 4 nitrogen and oxygen atoms in total. The lowest BCUT2D eigenvalue weighted by molar-refractivity contribution is 0.0884. The maximum atomic E-state index is 10.1. The SMILES string of the molecule is Cc1ccccc1OCC(O)Cn1nc(C)c(Br)c1C. The summed E-state index contributed by atoms with van der Waals surface area (Å²) in [5.74, 6) is 0.807. The van der Waals surface area contributed by atoms with Gasteiger partial charge in [0, 0.05) is 5.69 Å². The molecule has 0 aliphatic carbocycles. The zero-order valence-electron chi connectivity index (χ0n) is 11.9. The summed E-state index contributed by atoms with van der Waals surface area (Å²) < 4.78 is 8.43. The smallest absolute Gasteiger partial charge is 0.122 e. The van der Waals surface area contributed by atoms with Gasteiger partial charge in [-0.15, -0.1) is 0 Å². The van der Waals surface area contributed by atoms with E-state index in [0.29, 0.717) is 6.54 Å². The summed E-state index contributed by atoms with van der Waals surface area (Å²) in [4.78, 5) is 0. The number of ether oxygens (including phenoxy) is 1. The highest BCUT2D eigenvalue weighted by Gasteiger charge is 2.13. The first-order valence-electron chi connectivity index (χ1n) is 6.55. The van der Waals surface area contributed by atoms with Crippen LogP contribution in [0.5, 0.6) is 5.75 Å². The minimum atomic E-state index is -0.598. The molecule has 0 saturated carbocycles. The number of aromatic nitrogens is 2. The molecule has 0 amide bonds. The third kappa shape index (κ3) is 3.41. The van der Waals surface area contributed by atoms with Gasteiger partial charge < -0.3 is 9.84 Å². The summed E-state index contributed by atoms with van der Waals surface area (Å²) in [7, 11) is 0. The lowest BCUT2D eigenvalue weighted by atomic mass is 10.2. The summed E-state index contributed by atoms with van der Waals surface area (Å²) >= 11 is 3.48. The van der Waals surface area contributed by atoms with Crippen molar-refractivity contribution in [3.63, 3.8) is 0 Å². The Balaban J connectivity index is 1.94. The molecule has 1 aromatic carbocycles. The van der Waals surface area contributed by atoms with E-state index < -0.39 is 6.10 Å². The topological polar surface area (TPSA) is 47.3 Å². The zero-order chi connectivity index (χ0) is 14.7. The standard InChI is InChI=1S/C15H19BrN2O2/c1-10-6-4-5-7-14(10)20-9-13(19)8-18-12(3)15(16)11(2)17-18/h4-7,13,19H,8-9H2,1-3H3. The van der Waals surface area contributed by atoms with Gasteiger partial charge in [-0.25, -0.2) is 0 Å². The maximum Gasteiger partial charge on any atom is 0.122 e. The Morgan fingerprint density at radius 2 is 2.00 bits per heavy atom. The number of aryl methyl sites for hydroxylation is 2. The second kappa shape index (κ2) is 6.41.